The first kappa shape index (κ1) is 10.8. The summed E-state index contributed by atoms with van der Waals surface area (Å²) in [5.41, 5.74) is 7.50. The highest BCUT2D eigenvalue weighted by Crippen LogP contribution is 2.12. The van der Waals surface area contributed by atoms with Crippen LogP contribution in [0.25, 0.3) is 0 Å². The van der Waals surface area contributed by atoms with Crippen LogP contribution in [-0.4, -0.2) is 24.7 Å². The van der Waals surface area contributed by atoms with Crippen LogP contribution in [0.2, 0.25) is 0 Å². The summed E-state index contributed by atoms with van der Waals surface area (Å²) in [7, 11) is 0. The van der Waals surface area contributed by atoms with Gasteiger partial charge in [0, 0.05) is 31.1 Å². The Morgan fingerprint density at radius 3 is 3.00 bits per heavy atom. The van der Waals surface area contributed by atoms with Gasteiger partial charge in [0.15, 0.2) is 0 Å². The molecule has 1 rings (SSSR count). The molecule has 4 heteroatoms. The van der Waals surface area contributed by atoms with Crippen molar-refractivity contribution in [3.05, 3.63) is 17.8 Å². The molecule has 1 aromatic rings. The number of hydrogen-bond acceptors (Lipinski definition) is 4. The molecule has 1 aromatic heterocycles. The van der Waals surface area contributed by atoms with Gasteiger partial charge in [-0.3, -0.25) is 0 Å². The lowest BCUT2D eigenvalue weighted by atomic mass is 10.2. The Labute approximate surface area is 84.5 Å². The summed E-state index contributed by atoms with van der Waals surface area (Å²) in [5, 5.41) is 3.13. The van der Waals surface area contributed by atoms with Crippen LogP contribution in [0.3, 0.4) is 0 Å². The van der Waals surface area contributed by atoms with Gasteiger partial charge in [-0.2, -0.15) is 0 Å². The molecule has 0 amide bonds. The van der Waals surface area contributed by atoms with Crippen LogP contribution >= 0.6 is 0 Å². The van der Waals surface area contributed by atoms with Crippen molar-refractivity contribution in [3.63, 3.8) is 0 Å². The maximum Gasteiger partial charge on any atom is 0.128 e. The first-order valence-corrected chi connectivity index (χ1v) is 4.77. The first-order chi connectivity index (χ1) is 6.74. The van der Waals surface area contributed by atoms with Crippen LogP contribution in [0.5, 0.6) is 0 Å². The highest BCUT2D eigenvalue weighted by Gasteiger charge is 1.96. The van der Waals surface area contributed by atoms with E-state index in [4.69, 9.17) is 10.5 Å². The number of anilines is 2. The van der Waals surface area contributed by atoms with Crippen LogP contribution in [0.15, 0.2) is 12.3 Å². The van der Waals surface area contributed by atoms with E-state index in [1.807, 2.05) is 19.9 Å². The van der Waals surface area contributed by atoms with E-state index >= 15 is 0 Å². The Bertz CT molecular complexity index is 289. The molecule has 3 N–H and O–H groups in total. The molecular formula is C10H17N3O. The number of aryl methyl sites for hydroxylation is 1. The quantitative estimate of drug-likeness (QED) is 0.698. The van der Waals surface area contributed by atoms with Gasteiger partial charge in [0.2, 0.25) is 0 Å². The summed E-state index contributed by atoms with van der Waals surface area (Å²) in [6.45, 7) is 6.09. The predicted octanol–water partition coefficient (Wildman–Crippen LogP) is 1.42. The minimum atomic E-state index is 0.686. The van der Waals surface area contributed by atoms with Crippen LogP contribution in [0, 0.1) is 6.92 Å². The topological polar surface area (TPSA) is 60.2 Å². The molecule has 0 aliphatic carbocycles. The molecule has 0 fully saturated rings. The Balaban J connectivity index is 2.39. The smallest absolute Gasteiger partial charge is 0.128 e. The summed E-state index contributed by atoms with van der Waals surface area (Å²) < 4.78 is 5.19. The monoisotopic (exact) mass is 195 g/mol. The van der Waals surface area contributed by atoms with Gasteiger partial charge in [0.1, 0.15) is 5.82 Å². The molecule has 78 valence electrons. The maximum absolute atomic E-state index is 5.74. The summed E-state index contributed by atoms with van der Waals surface area (Å²) in [6, 6.07) is 1.83. The molecule has 0 unspecified atom stereocenters. The standard InChI is InChI=1S/C10H17N3O/c1-3-14-5-4-12-10-6-9(11)8(2)7-13-10/h6-7H,3-5H2,1-2H3,(H3,11,12,13). The molecule has 0 aliphatic heterocycles. The molecule has 4 nitrogen and oxygen atoms in total. The zero-order valence-corrected chi connectivity index (χ0v) is 8.71. The summed E-state index contributed by atoms with van der Waals surface area (Å²) in [6.07, 6.45) is 1.76. The molecule has 0 aromatic carbocycles. The lowest BCUT2D eigenvalue weighted by Gasteiger charge is -2.07. The molecule has 0 aliphatic rings. The van der Waals surface area contributed by atoms with Gasteiger partial charge in [0.05, 0.1) is 6.61 Å². The van der Waals surface area contributed by atoms with Gasteiger partial charge in [-0.25, -0.2) is 4.98 Å². The van der Waals surface area contributed by atoms with E-state index < -0.39 is 0 Å². The third-order valence-electron chi connectivity index (χ3n) is 1.90. The molecule has 0 spiro atoms. The molecule has 0 atom stereocenters. The van der Waals surface area contributed by atoms with E-state index in [1.165, 1.54) is 0 Å². The van der Waals surface area contributed by atoms with Crippen molar-refractivity contribution in [1.29, 1.82) is 0 Å². The van der Waals surface area contributed by atoms with Crippen LogP contribution in [0.1, 0.15) is 12.5 Å². The number of nitrogen functional groups attached to an aromatic ring is 1. The van der Waals surface area contributed by atoms with Crippen molar-refractivity contribution >= 4 is 11.5 Å². The van der Waals surface area contributed by atoms with Crippen molar-refractivity contribution in [2.75, 3.05) is 30.8 Å². The second-order valence-electron chi connectivity index (χ2n) is 3.05. The average molecular weight is 195 g/mol. The molecule has 0 saturated carbocycles. The third-order valence-corrected chi connectivity index (χ3v) is 1.90. The maximum atomic E-state index is 5.74. The SMILES string of the molecule is CCOCCNc1cc(N)c(C)cn1. The third kappa shape index (κ3) is 3.22. The predicted molar refractivity (Wildman–Crippen MR) is 58.4 cm³/mol. The van der Waals surface area contributed by atoms with Crippen LogP contribution in [-0.2, 0) is 4.74 Å². The van der Waals surface area contributed by atoms with Crippen LogP contribution in [0.4, 0.5) is 11.5 Å². The number of rotatable bonds is 5. The Kier molecular flexibility index (Phi) is 4.19. The van der Waals surface area contributed by atoms with E-state index in [2.05, 4.69) is 10.3 Å². The van der Waals surface area contributed by atoms with E-state index in [-0.39, 0.29) is 0 Å². The summed E-state index contributed by atoms with van der Waals surface area (Å²) in [4.78, 5) is 4.19. The van der Waals surface area contributed by atoms with Gasteiger partial charge in [-0.1, -0.05) is 0 Å². The number of nitrogens with one attached hydrogen (secondary N) is 1. The lowest BCUT2D eigenvalue weighted by molar-refractivity contribution is 0.158. The van der Waals surface area contributed by atoms with E-state index in [0.717, 1.165) is 30.2 Å². The number of nitrogens with zero attached hydrogens (tertiary/aromatic N) is 1. The van der Waals surface area contributed by atoms with Crippen molar-refractivity contribution in [1.82, 2.24) is 4.98 Å². The first-order valence-electron chi connectivity index (χ1n) is 4.77. The van der Waals surface area contributed by atoms with Gasteiger partial charge in [-0.15, -0.1) is 0 Å². The van der Waals surface area contributed by atoms with Gasteiger partial charge >= 0.3 is 0 Å². The van der Waals surface area contributed by atoms with Crippen molar-refractivity contribution < 1.29 is 4.74 Å². The second kappa shape index (κ2) is 5.44. The van der Waals surface area contributed by atoms with Crippen molar-refractivity contribution in [2.24, 2.45) is 0 Å². The fourth-order valence-corrected chi connectivity index (χ4v) is 1.03. The summed E-state index contributed by atoms with van der Waals surface area (Å²) >= 11 is 0. The Morgan fingerprint density at radius 2 is 2.36 bits per heavy atom. The minimum absolute atomic E-state index is 0.686. The normalized spacial score (nSPS) is 10.1. The van der Waals surface area contributed by atoms with E-state index in [9.17, 15) is 0 Å². The number of ether oxygens (including phenoxy) is 1. The van der Waals surface area contributed by atoms with Gasteiger partial charge in [-0.05, 0) is 19.4 Å². The van der Waals surface area contributed by atoms with Crippen molar-refractivity contribution in [2.45, 2.75) is 13.8 Å². The van der Waals surface area contributed by atoms with E-state index in [1.54, 1.807) is 6.20 Å². The van der Waals surface area contributed by atoms with E-state index in [0.29, 0.717) is 6.61 Å². The zero-order valence-electron chi connectivity index (χ0n) is 8.71. The molecule has 14 heavy (non-hydrogen) atoms. The van der Waals surface area contributed by atoms with Crippen LogP contribution < -0.4 is 11.1 Å². The minimum Gasteiger partial charge on any atom is -0.398 e. The Morgan fingerprint density at radius 1 is 1.57 bits per heavy atom. The fourth-order valence-electron chi connectivity index (χ4n) is 1.03. The molecule has 0 bridgehead atoms. The average Bonchev–Trinajstić information content (AvgIpc) is 2.18. The highest BCUT2D eigenvalue weighted by molar-refractivity contribution is 5.53. The zero-order chi connectivity index (χ0) is 10.4. The lowest BCUT2D eigenvalue weighted by Crippen LogP contribution is -2.10. The number of hydrogen-bond donors (Lipinski definition) is 2. The molecular weight excluding hydrogens is 178 g/mol. The molecule has 0 saturated heterocycles. The Hall–Kier alpha value is -1.29. The van der Waals surface area contributed by atoms with Crippen molar-refractivity contribution in [3.8, 4) is 0 Å². The second-order valence-corrected chi connectivity index (χ2v) is 3.05. The fraction of sp³-hybridized carbons (Fsp3) is 0.500. The van der Waals surface area contributed by atoms with Gasteiger partial charge in [0.25, 0.3) is 0 Å². The largest absolute Gasteiger partial charge is 0.398 e. The number of aromatic nitrogens is 1. The number of nitrogens with two attached hydrogens (primary N) is 1. The number of pyridine rings is 1. The highest BCUT2D eigenvalue weighted by atomic mass is 16.5. The summed E-state index contributed by atoms with van der Waals surface area (Å²) in [5.74, 6) is 0.799. The van der Waals surface area contributed by atoms with Gasteiger partial charge < -0.3 is 15.8 Å². The molecule has 1 heterocycles. The molecule has 0 radical (unpaired) electrons.